The lowest BCUT2D eigenvalue weighted by Gasteiger charge is -2.12. The molecule has 4 nitrogen and oxygen atoms in total. The molecule has 0 amide bonds. The predicted octanol–water partition coefficient (Wildman–Crippen LogP) is 3.14. The Balaban J connectivity index is 2.86. The van der Waals surface area contributed by atoms with Crippen LogP contribution in [0.2, 0.25) is 0 Å². The second-order valence-corrected chi connectivity index (χ2v) is 3.74. The SMILES string of the molecule is C=CCCOc1ccc(C=CC(=O)O)cc1OCC. The lowest BCUT2D eigenvalue weighted by molar-refractivity contribution is -0.131. The Labute approximate surface area is 113 Å². The first-order chi connectivity index (χ1) is 9.17. The third kappa shape index (κ3) is 5.29. The highest BCUT2D eigenvalue weighted by Gasteiger charge is 2.05. The van der Waals surface area contributed by atoms with Gasteiger partial charge >= 0.3 is 5.97 Å². The Morgan fingerprint density at radius 2 is 2.16 bits per heavy atom. The smallest absolute Gasteiger partial charge is 0.328 e. The summed E-state index contributed by atoms with van der Waals surface area (Å²) in [5.74, 6) is 0.277. The van der Waals surface area contributed by atoms with Gasteiger partial charge in [0.25, 0.3) is 0 Å². The molecule has 4 heteroatoms. The van der Waals surface area contributed by atoms with Gasteiger partial charge in [-0.2, -0.15) is 0 Å². The minimum atomic E-state index is -0.982. The molecule has 0 aliphatic heterocycles. The zero-order valence-electron chi connectivity index (χ0n) is 11.0. The first-order valence-corrected chi connectivity index (χ1v) is 6.09. The molecule has 0 unspecified atom stereocenters. The van der Waals surface area contributed by atoms with Gasteiger partial charge in [-0.1, -0.05) is 12.1 Å². The Morgan fingerprint density at radius 3 is 2.79 bits per heavy atom. The fourth-order valence-corrected chi connectivity index (χ4v) is 1.44. The summed E-state index contributed by atoms with van der Waals surface area (Å²) in [6.07, 6.45) is 5.14. The van der Waals surface area contributed by atoms with Crippen LogP contribution in [0, 0.1) is 0 Å². The van der Waals surface area contributed by atoms with Crippen molar-refractivity contribution in [2.45, 2.75) is 13.3 Å². The Hall–Kier alpha value is -2.23. The second kappa shape index (κ2) is 7.97. The van der Waals surface area contributed by atoms with E-state index in [-0.39, 0.29) is 0 Å². The van der Waals surface area contributed by atoms with Crippen LogP contribution >= 0.6 is 0 Å². The average Bonchev–Trinajstić information content (AvgIpc) is 2.39. The fourth-order valence-electron chi connectivity index (χ4n) is 1.44. The van der Waals surface area contributed by atoms with E-state index in [1.165, 1.54) is 6.08 Å². The summed E-state index contributed by atoms with van der Waals surface area (Å²) in [6, 6.07) is 5.31. The molecule has 102 valence electrons. The van der Waals surface area contributed by atoms with Crippen LogP contribution < -0.4 is 9.47 Å². The maximum Gasteiger partial charge on any atom is 0.328 e. The van der Waals surface area contributed by atoms with Crippen LogP contribution in [-0.4, -0.2) is 24.3 Å². The molecule has 0 spiro atoms. The lowest BCUT2D eigenvalue weighted by Crippen LogP contribution is -2.00. The first kappa shape index (κ1) is 14.8. The van der Waals surface area contributed by atoms with E-state index < -0.39 is 5.97 Å². The van der Waals surface area contributed by atoms with Gasteiger partial charge in [-0.05, 0) is 37.1 Å². The van der Waals surface area contributed by atoms with Gasteiger partial charge < -0.3 is 14.6 Å². The largest absolute Gasteiger partial charge is 0.490 e. The van der Waals surface area contributed by atoms with Crippen LogP contribution in [-0.2, 0) is 4.79 Å². The topological polar surface area (TPSA) is 55.8 Å². The zero-order chi connectivity index (χ0) is 14.1. The summed E-state index contributed by atoms with van der Waals surface area (Å²) in [5.41, 5.74) is 0.752. The van der Waals surface area contributed by atoms with Crippen molar-refractivity contribution in [3.05, 3.63) is 42.5 Å². The summed E-state index contributed by atoms with van der Waals surface area (Å²) in [6.45, 7) is 6.57. The standard InChI is InChI=1S/C15H18O4/c1-3-5-10-19-13-8-6-12(7-9-15(16)17)11-14(13)18-4-2/h3,6-9,11H,1,4-5,10H2,2H3,(H,16,17). The van der Waals surface area contributed by atoms with Gasteiger partial charge in [0.1, 0.15) is 0 Å². The summed E-state index contributed by atoms with van der Waals surface area (Å²) >= 11 is 0. The van der Waals surface area contributed by atoms with Gasteiger partial charge in [-0.25, -0.2) is 4.79 Å². The van der Waals surface area contributed by atoms with E-state index in [9.17, 15) is 4.79 Å². The normalized spacial score (nSPS) is 10.4. The lowest BCUT2D eigenvalue weighted by atomic mass is 10.2. The maximum atomic E-state index is 10.5. The molecule has 0 saturated carbocycles. The maximum absolute atomic E-state index is 10.5. The Bertz CT molecular complexity index is 463. The summed E-state index contributed by atoms with van der Waals surface area (Å²) in [7, 11) is 0. The molecule has 0 saturated heterocycles. The number of hydrogen-bond acceptors (Lipinski definition) is 3. The molecular formula is C15H18O4. The molecule has 0 radical (unpaired) electrons. The van der Waals surface area contributed by atoms with E-state index >= 15 is 0 Å². The Kier molecular flexibility index (Phi) is 6.22. The van der Waals surface area contributed by atoms with Crippen molar-refractivity contribution < 1.29 is 19.4 Å². The monoisotopic (exact) mass is 262 g/mol. The van der Waals surface area contributed by atoms with Crippen LogP contribution in [0.25, 0.3) is 6.08 Å². The molecule has 1 aromatic carbocycles. The minimum Gasteiger partial charge on any atom is -0.490 e. The predicted molar refractivity (Wildman–Crippen MR) is 74.6 cm³/mol. The number of benzene rings is 1. The van der Waals surface area contributed by atoms with Gasteiger partial charge in [0, 0.05) is 6.08 Å². The van der Waals surface area contributed by atoms with Crippen LogP contribution in [0.1, 0.15) is 18.9 Å². The molecule has 1 N–H and O–H groups in total. The van der Waals surface area contributed by atoms with Gasteiger partial charge in [-0.3, -0.25) is 0 Å². The Morgan fingerprint density at radius 1 is 1.37 bits per heavy atom. The average molecular weight is 262 g/mol. The van der Waals surface area contributed by atoms with Crippen molar-refractivity contribution in [3.8, 4) is 11.5 Å². The number of aliphatic carboxylic acids is 1. The van der Waals surface area contributed by atoms with E-state index in [2.05, 4.69) is 6.58 Å². The van der Waals surface area contributed by atoms with Gasteiger partial charge in [0.05, 0.1) is 13.2 Å². The number of carboxylic acids is 1. The van der Waals surface area contributed by atoms with Crippen molar-refractivity contribution >= 4 is 12.0 Å². The van der Waals surface area contributed by atoms with Crippen LogP contribution in [0.3, 0.4) is 0 Å². The third-order valence-corrected chi connectivity index (χ3v) is 2.27. The van der Waals surface area contributed by atoms with Crippen molar-refractivity contribution in [2.75, 3.05) is 13.2 Å². The fraction of sp³-hybridized carbons (Fsp3) is 0.267. The molecule has 0 aliphatic rings. The summed E-state index contributed by atoms with van der Waals surface area (Å²) in [4.78, 5) is 10.5. The van der Waals surface area contributed by atoms with Crippen molar-refractivity contribution in [1.82, 2.24) is 0 Å². The molecule has 0 heterocycles. The number of carbonyl (C=O) groups is 1. The molecule has 0 aromatic heterocycles. The molecule has 1 aromatic rings. The van der Waals surface area contributed by atoms with E-state index in [4.69, 9.17) is 14.6 Å². The number of rotatable bonds is 8. The molecule has 19 heavy (non-hydrogen) atoms. The van der Waals surface area contributed by atoms with E-state index in [1.807, 2.05) is 6.92 Å². The molecule has 1 rings (SSSR count). The molecule has 0 fully saturated rings. The first-order valence-electron chi connectivity index (χ1n) is 6.09. The zero-order valence-corrected chi connectivity index (χ0v) is 11.0. The number of carboxylic acid groups (broad SMARTS) is 1. The quantitative estimate of drug-likeness (QED) is 0.444. The molecule has 0 bridgehead atoms. The third-order valence-electron chi connectivity index (χ3n) is 2.27. The van der Waals surface area contributed by atoms with Gasteiger partial charge in [0.2, 0.25) is 0 Å². The second-order valence-electron chi connectivity index (χ2n) is 3.74. The van der Waals surface area contributed by atoms with Crippen LogP contribution in [0.4, 0.5) is 0 Å². The van der Waals surface area contributed by atoms with Crippen molar-refractivity contribution in [1.29, 1.82) is 0 Å². The number of ether oxygens (including phenoxy) is 2. The molecule has 0 atom stereocenters. The highest BCUT2D eigenvalue weighted by molar-refractivity contribution is 5.85. The summed E-state index contributed by atoms with van der Waals surface area (Å²) < 4.78 is 11.1. The minimum absolute atomic E-state index is 0.518. The van der Waals surface area contributed by atoms with Gasteiger partial charge in [0.15, 0.2) is 11.5 Å². The highest BCUT2D eigenvalue weighted by atomic mass is 16.5. The van der Waals surface area contributed by atoms with Crippen molar-refractivity contribution in [2.24, 2.45) is 0 Å². The summed E-state index contributed by atoms with van der Waals surface area (Å²) in [5, 5.41) is 8.59. The van der Waals surface area contributed by atoms with E-state index in [1.54, 1.807) is 24.3 Å². The highest BCUT2D eigenvalue weighted by Crippen LogP contribution is 2.29. The number of hydrogen-bond donors (Lipinski definition) is 1. The van der Waals surface area contributed by atoms with Crippen LogP contribution in [0.15, 0.2) is 36.9 Å². The molecular weight excluding hydrogens is 244 g/mol. The van der Waals surface area contributed by atoms with Gasteiger partial charge in [-0.15, -0.1) is 6.58 Å². The molecule has 0 aliphatic carbocycles. The van der Waals surface area contributed by atoms with E-state index in [0.29, 0.717) is 24.7 Å². The van der Waals surface area contributed by atoms with Crippen molar-refractivity contribution in [3.63, 3.8) is 0 Å². The van der Waals surface area contributed by atoms with E-state index in [0.717, 1.165) is 18.1 Å². The van der Waals surface area contributed by atoms with Crippen LogP contribution in [0.5, 0.6) is 11.5 Å².